The Morgan fingerprint density at radius 2 is 0.945 bits per heavy atom. The number of hydrogen-bond acceptors (Lipinski definition) is 4. The fraction of sp³-hybridized carbons (Fsp3) is 0.0196. The molecule has 0 radical (unpaired) electrons. The van der Waals surface area contributed by atoms with Gasteiger partial charge in [-0.2, -0.15) is 0 Å². The lowest BCUT2D eigenvalue weighted by Gasteiger charge is -2.23. The van der Waals surface area contributed by atoms with Crippen LogP contribution < -0.4 is 5.32 Å². The number of para-hydroxylation sites is 1. The van der Waals surface area contributed by atoms with Crippen LogP contribution in [0.25, 0.3) is 66.4 Å². The van der Waals surface area contributed by atoms with Crippen molar-refractivity contribution in [3.05, 3.63) is 217 Å². The van der Waals surface area contributed by atoms with Gasteiger partial charge >= 0.3 is 0 Å². The average Bonchev–Trinajstić information content (AvgIpc) is 3.67. The first-order chi connectivity index (χ1) is 27.3. The molecule has 55 heavy (non-hydrogen) atoms. The van der Waals surface area contributed by atoms with Crippen molar-refractivity contribution in [3.8, 4) is 44.5 Å². The van der Waals surface area contributed by atoms with Crippen molar-refractivity contribution >= 4 is 33.6 Å². The van der Waals surface area contributed by atoms with E-state index in [0.717, 1.165) is 77.8 Å². The van der Waals surface area contributed by atoms with Crippen LogP contribution in [0.4, 0.5) is 0 Å². The summed E-state index contributed by atoms with van der Waals surface area (Å²) < 4.78 is 7.01. The van der Waals surface area contributed by atoms with Crippen LogP contribution in [0.15, 0.2) is 215 Å². The number of hydrogen-bond donors (Lipinski definition) is 1. The maximum Gasteiger partial charge on any atom is 0.159 e. The second kappa shape index (κ2) is 13.9. The number of furan rings is 1. The monoisotopic (exact) mass is 705 g/mol. The Balaban J connectivity index is 1.10. The highest BCUT2D eigenvalue weighted by Gasteiger charge is 2.22. The van der Waals surface area contributed by atoms with Crippen LogP contribution in [0.5, 0.6) is 0 Å². The van der Waals surface area contributed by atoms with Crippen molar-refractivity contribution < 1.29 is 4.42 Å². The third-order valence-electron chi connectivity index (χ3n) is 10.4. The molecular formula is C51H35N3O. The molecule has 1 atom stereocenters. The molecule has 0 aliphatic carbocycles. The normalized spacial score (nSPS) is 14.0. The molecule has 1 N–H and O–H groups in total. The molecule has 1 aliphatic heterocycles. The third kappa shape index (κ3) is 6.10. The van der Waals surface area contributed by atoms with Gasteiger partial charge in [-0.25, -0.2) is 9.98 Å². The molecule has 0 saturated heterocycles. The molecule has 0 saturated carbocycles. The lowest BCUT2D eigenvalue weighted by Crippen LogP contribution is -2.33. The number of rotatable bonds is 7. The fourth-order valence-electron chi connectivity index (χ4n) is 7.64. The van der Waals surface area contributed by atoms with Crippen LogP contribution in [0, 0.1) is 0 Å². The molecule has 4 nitrogen and oxygen atoms in total. The summed E-state index contributed by atoms with van der Waals surface area (Å²) >= 11 is 0. The van der Waals surface area contributed by atoms with Gasteiger partial charge in [0.2, 0.25) is 0 Å². The lowest BCUT2D eigenvalue weighted by atomic mass is 9.93. The van der Waals surface area contributed by atoms with Gasteiger partial charge in [-0.3, -0.25) is 0 Å². The fourth-order valence-corrected chi connectivity index (χ4v) is 7.64. The van der Waals surface area contributed by atoms with Gasteiger partial charge in [-0.15, -0.1) is 0 Å². The highest BCUT2D eigenvalue weighted by Crippen LogP contribution is 2.44. The molecule has 8 aromatic carbocycles. The molecular weight excluding hydrogens is 671 g/mol. The van der Waals surface area contributed by atoms with E-state index in [9.17, 15) is 0 Å². The van der Waals surface area contributed by atoms with Crippen molar-refractivity contribution in [3.63, 3.8) is 0 Å². The van der Waals surface area contributed by atoms with Gasteiger partial charge in [0.05, 0.1) is 0 Å². The molecule has 0 fully saturated rings. The quantitative estimate of drug-likeness (QED) is 0.179. The number of benzene rings is 8. The predicted octanol–water partition coefficient (Wildman–Crippen LogP) is 12.7. The van der Waals surface area contributed by atoms with Crippen molar-refractivity contribution in [2.24, 2.45) is 9.98 Å². The topological polar surface area (TPSA) is 49.9 Å². The Hall–Kier alpha value is -7.30. The van der Waals surface area contributed by atoms with E-state index in [-0.39, 0.29) is 6.17 Å². The summed E-state index contributed by atoms with van der Waals surface area (Å²) in [5, 5.41) is 5.73. The van der Waals surface area contributed by atoms with Gasteiger partial charge in [-0.1, -0.05) is 188 Å². The van der Waals surface area contributed by atoms with Crippen molar-refractivity contribution in [2.45, 2.75) is 6.17 Å². The zero-order chi connectivity index (χ0) is 36.6. The summed E-state index contributed by atoms with van der Waals surface area (Å²) in [5.41, 5.74) is 13.7. The summed E-state index contributed by atoms with van der Waals surface area (Å²) in [7, 11) is 0. The van der Waals surface area contributed by atoms with Gasteiger partial charge in [0.15, 0.2) is 5.84 Å². The first-order valence-corrected chi connectivity index (χ1v) is 18.6. The standard InChI is InChI=1S/C51H35N3O/c1-5-15-34(16-6-1)40-23-13-24-41(33-40)43-25-14-26-45-46-42(31-32-44(48(46)55-47(43)45)35-17-7-2-8-18-35)36-27-29-39(30-28-36)51-53-49(37-19-9-3-10-20-37)52-50(54-51)38-21-11-4-12-22-38/h1-33,49H,(H,52,53,54). The smallest absolute Gasteiger partial charge is 0.159 e. The van der Waals surface area contributed by atoms with Gasteiger partial charge in [0.1, 0.15) is 23.2 Å². The zero-order valence-corrected chi connectivity index (χ0v) is 29.9. The van der Waals surface area contributed by atoms with Crippen LogP contribution >= 0.6 is 0 Å². The molecule has 1 aromatic heterocycles. The van der Waals surface area contributed by atoms with Gasteiger partial charge < -0.3 is 9.73 Å². The molecule has 0 amide bonds. The Morgan fingerprint density at radius 3 is 1.67 bits per heavy atom. The Bertz CT molecular complexity index is 2860. The van der Waals surface area contributed by atoms with Crippen LogP contribution in [0.3, 0.4) is 0 Å². The van der Waals surface area contributed by atoms with Crippen LogP contribution in [0.2, 0.25) is 0 Å². The number of fused-ring (bicyclic) bond motifs is 3. The van der Waals surface area contributed by atoms with E-state index in [2.05, 4.69) is 169 Å². The SMILES string of the molecule is c1ccc(C2=NC(c3ccc(-c4ccc(-c5ccccc5)c5oc6c(-c7cccc(-c8ccccc8)c7)cccc6c45)cc3)=NC(c3ccccc3)N2)cc1. The van der Waals surface area contributed by atoms with E-state index >= 15 is 0 Å². The number of aliphatic imine (C=N–C) groups is 2. The molecule has 9 aromatic rings. The zero-order valence-electron chi connectivity index (χ0n) is 29.9. The Kier molecular flexibility index (Phi) is 8.19. The van der Waals surface area contributed by atoms with Crippen LogP contribution in [-0.4, -0.2) is 11.7 Å². The molecule has 4 heteroatoms. The van der Waals surface area contributed by atoms with E-state index in [1.165, 1.54) is 11.1 Å². The molecule has 1 unspecified atom stereocenters. The number of amidine groups is 2. The highest BCUT2D eigenvalue weighted by atomic mass is 16.3. The summed E-state index contributed by atoms with van der Waals surface area (Å²) in [6.07, 6.45) is -0.256. The summed E-state index contributed by atoms with van der Waals surface area (Å²) in [5.74, 6) is 1.50. The highest BCUT2D eigenvalue weighted by molar-refractivity contribution is 6.19. The van der Waals surface area contributed by atoms with E-state index in [0.29, 0.717) is 5.84 Å². The van der Waals surface area contributed by atoms with Crippen molar-refractivity contribution in [2.75, 3.05) is 0 Å². The average molecular weight is 706 g/mol. The first kappa shape index (κ1) is 32.4. The summed E-state index contributed by atoms with van der Waals surface area (Å²) in [4.78, 5) is 10.1. The second-order valence-corrected chi connectivity index (χ2v) is 13.8. The van der Waals surface area contributed by atoms with E-state index in [1.54, 1.807) is 0 Å². The van der Waals surface area contributed by atoms with Crippen LogP contribution in [0.1, 0.15) is 22.9 Å². The molecule has 2 heterocycles. The largest absolute Gasteiger partial charge is 0.455 e. The van der Waals surface area contributed by atoms with Gasteiger partial charge in [0, 0.05) is 33.0 Å². The Morgan fingerprint density at radius 1 is 0.400 bits per heavy atom. The maximum atomic E-state index is 7.01. The summed E-state index contributed by atoms with van der Waals surface area (Å²) in [6.45, 7) is 0. The minimum Gasteiger partial charge on any atom is -0.455 e. The van der Waals surface area contributed by atoms with Gasteiger partial charge in [-0.05, 0) is 51.1 Å². The van der Waals surface area contributed by atoms with E-state index in [4.69, 9.17) is 14.4 Å². The third-order valence-corrected chi connectivity index (χ3v) is 10.4. The van der Waals surface area contributed by atoms with Crippen molar-refractivity contribution in [1.29, 1.82) is 0 Å². The van der Waals surface area contributed by atoms with Gasteiger partial charge in [0.25, 0.3) is 0 Å². The molecule has 260 valence electrons. The van der Waals surface area contributed by atoms with E-state index < -0.39 is 0 Å². The number of nitrogens with one attached hydrogen (secondary N) is 1. The molecule has 10 rings (SSSR count). The first-order valence-electron chi connectivity index (χ1n) is 18.6. The Labute approximate surface area is 319 Å². The second-order valence-electron chi connectivity index (χ2n) is 13.8. The van der Waals surface area contributed by atoms with Crippen molar-refractivity contribution in [1.82, 2.24) is 5.32 Å². The predicted molar refractivity (Wildman–Crippen MR) is 227 cm³/mol. The lowest BCUT2D eigenvalue weighted by molar-refractivity contribution is 0.671. The molecule has 1 aliphatic rings. The minimum atomic E-state index is -0.256. The molecule has 0 spiro atoms. The van der Waals surface area contributed by atoms with Crippen LogP contribution in [-0.2, 0) is 0 Å². The summed E-state index contributed by atoms with van der Waals surface area (Å²) in [6, 6.07) is 69.8. The number of nitrogens with zero attached hydrogens (tertiary/aromatic N) is 2. The van der Waals surface area contributed by atoms with E-state index in [1.807, 2.05) is 36.4 Å². The maximum absolute atomic E-state index is 7.01. The molecule has 0 bridgehead atoms. The minimum absolute atomic E-state index is 0.256.